The van der Waals surface area contributed by atoms with Gasteiger partial charge >= 0.3 is 0 Å². The Hall–Kier alpha value is -3.22. The summed E-state index contributed by atoms with van der Waals surface area (Å²) in [5.74, 6) is 0.157. The van der Waals surface area contributed by atoms with Gasteiger partial charge in [0.2, 0.25) is 0 Å². The zero-order chi connectivity index (χ0) is 21.7. The number of carbonyl (C=O) groups is 2. The molecule has 0 aliphatic heterocycles. The van der Waals surface area contributed by atoms with Crippen LogP contribution >= 0.6 is 23.2 Å². The van der Waals surface area contributed by atoms with Gasteiger partial charge in [-0.3, -0.25) is 9.59 Å². The van der Waals surface area contributed by atoms with Gasteiger partial charge in [-0.15, -0.1) is 0 Å². The Balaban J connectivity index is 1.84. The summed E-state index contributed by atoms with van der Waals surface area (Å²) < 4.78 is 10.5. The molecule has 0 heterocycles. The number of hydrogen-bond donors (Lipinski definition) is 2. The first-order chi connectivity index (χ1) is 14.4. The average molecular weight is 445 g/mol. The van der Waals surface area contributed by atoms with Crippen molar-refractivity contribution in [3.05, 3.63) is 81.8 Å². The van der Waals surface area contributed by atoms with Gasteiger partial charge in [0.15, 0.2) is 0 Å². The first kappa shape index (κ1) is 21.5. The molecule has 0 atom stereocenters. The van der Waals surface area contributed by atoms with E-state index in [1.807, 2.05) is 0 Å². The van der Waals surface area contributed by atoms with Crippen LogP contribution in [0.5, 0.6) is 11.5 Å². The number of hydrogen-bond acceptors (Lipinski definition) is 4. The number of nitrogens with one attached hydrogen (secondary N) is 2. The Morgan fingerprint density at radius 1 is 0.767 bits per heavy atom. The lowest BCUT2D eigenvalue weighted by molar-refractivity contribution is 0.102. The number of benzene rings is 3. The predicted octanol–water partition coefficient (Wildman–Crippen LogP) is 5.52. The number of amides is 2. The summed E-state index contributed by atoms with van der Waals surface area (Å²) in [5.41, 5.74) is 1.31. The van der Waals surface area contributed by atoms with Crippen molar-refractivity contribution in [1.82, 2.24) is 0 Å². The molecule has 0 aliphatic rings. The van der Waals surface area contributed by atoms with Crippen molar-refractivity contribution < 1.29 is 19.1 Å². The lowest BCUT2D eigenvalue weighted by Gasteiger charge is -2.14. The van der Waals surface area contributed by atoms with Gasteiger partial charge in [-0.05, 0) is 42.5 Å². The molecule has 0 radical (unpaired) electrons. The van der Waals surface area contributed by atoms with E-state index in [0.29, 0.717) is 27.9 Å². The van der Waals surface area contributed by atoms with Crippen LogP contribution in [0.25, 0.3) is 0 Å². The Morgan fingerprint density at radius 3 is 2.17 bits per heavy atom. The van der Waals surface area contributed by atoms with Crippen LogP contribution in [0.2, 0.25) is 10.0 Å². The molecule has 2 amide bonds. The summed E-state index contributed by atoms with van der Waals surface area (Å²) in [6.07, 6.45) is 0. The maximum Gasteiger partial charge on any atom is 0.257 e. The quantitative estimate of drug-likeness (QED) is 0.524. The second-order valence-corrected chi connectivity index (χ2v) is 6.99. The maximum absolute atomic E-state index is 12.9. The Morgan fingerprint density at radius 2 is 1.47 bits per heavy atom. The topological polar surface area (TPSA) is 76.7 Å². The zero-order valence-electron chi connectivity index (χ0n) is 16.2. The molecule has 0 unspecified atom stereocenters. The number of carbonyl (C=O) groups excluding carboxylic acids is 2. The van der Waals surface area contributed by atoms with Crippen molar-refractivity contribution >= 4 is 46.4 Å². The molecule has 8 heteroatoms. The lowest BCUT2D eigenvalue weighted by atomic mass is 10.1. The third kappa shape index (κ3) is 4.84. The third-order valence-corrected chi connectivity index (χ3v) is 4.80. The molecule has 0 spiro atoms. The van der Waals surface area contributed by atoms with Crippen molar-refractivity contribution in [3.63, 3.8) is 0 Å². The molecule has 0 aromatic heterocycles. The van der Waals surface area contributed by atoms with Gasteiger partial charge in [-0.25, -0.2) is 0 Å². The fourth-order valence-electron chi connectivity index (χ4n) is 2.74. The van der Waals surface area contributed by atoms with Crippen LogP contribution in [0.15, 0.2) is 60.7 Å². The van der Waals surface area contributed by atoms with Crippen molar-refractivity contribution in [1.29, 1.82) is 0 Å². The van der Waals surface area contributed by atoms with Gasteiger partial charge in [-0.2, -0.15) is 0 Å². The summed E-state index contributed by atoms with van der Waals surface area (Å²) in [6.45, 7) is 0. The summed E-state index contributed by atoms with van der Waals surface area (Å²) in [5, 5.41) is 6.14. The van der Waals surface area contributed by atoms with Crippen LogP contribution in [0.1, 0.15) is 20.7 Å². The fourth-order valence-corrected chi connectivity index (χ4v) is 3.24. The van der Waals surface area contributed by atoms with E-state index in [4.69, 9.17) is 32.7 Å². The highest BCUT2D eigenvalue weighted by Crippen LogP contribution is 2.30. The number of anilines is 2. The first-order valence-corrected chi connectivity index (χ1v) is 9.57. The van der Waals surface area contributed by atoms with Gasteiger partial charge in [0.05, 0.1) is 41.7 Å². The van der Waals surface area contributed by atoms with Gasteiger partial charge in [-0.1, -0.05) is 35.3 Å². The number of ether oxygens (including phenoxy) is 2. The third-order valence-electron chi connectivity index (χ3n) is 4.25. The molecular weight excluding hydrogens is 427 g/mol. The van der Waals surface area contributed by atoms with E-state index in [1.54, 1.807) is 55.6 Å². The van der Waals surface area contributed by atoms with Crippen LogP contribution in [0, 0.1) is 0 Å². The Bertz CT molecular complexity index is 1100. The van der Waals surface area contributed by atoms with Crippen LogP contribution in [0.3, 0.4) is 0 Å². The monoisotopic (exact) mass is 444 g/mol. The number of methoxy groups -OCH3 is 2. The normalized spacial score (nSPS) is 10.3. The van der Waals surface area contributed by atoms with E-state index in [2.05, 4.69) is 10.6 Å². The van der Waals surface area contributed by atoms with Crippen molar-refractivity contribution in [2.45, 2.75) is 0 Å². The summed E-state index contributed by atoms with van der Waals surface area (Å²) in [6, 6.07) is 16.2. The maximum atomic E-state index is 12.9. The molecular formula is C22H18Cl2N2O4. The molecule has 3 rings (SSSR count). The number of para-hydroxylation sites is 1. The van der Waals surface area contributed by atoms with Crippen LogP contribution in [0.4, 0.5) is 11.4 Å². The SMILES string of the molecule is COc1ccc(NC(=O)c2ccccc2NC(=O)c2ccc(Cl)cc2Cl)c(OC)c1. The molecule has 0 bridgehead atoms. The van der Waals surface area contributed by atoms with E-state index in [9.17, 15) is 9.59 Å². The molecule has 0 fully saturated rings. The average Bonchev–Trinajstić information content (AvgIpc) is 2.74. The van der Waals surface area contributed by atoms with Crippen LogP contribution in [-0.4, -0.2) is 26.0 Å². The summed E-state index contributed by atoms with van der Waals surface area (Å²) in [4.78, 5) is 25.5. The molecule has 154 valence electrons. The molecule has 0 aliphatic carbocycles. The highest BCUT2D eigenvalue weighted by atomic mass is 35.5. The summed E-state index contributed by atoms with van der Waals surface area (Å²) in [7, 11) is 3.04. The molecule has 2 N–H and O–H groups in total. The van der Waals surface area contributed by atoms with Crippen molar-refractivity contribution in [2.24, 2.45) is 0 Å². The first-order valence-electron chi connectivity index (χ1n) is 8.81. The largest absolute Gasteiger partial charge is 0.497 e. The van der Waals surface area contributed by atoms with E-state index >= 15 is 0 Å². The minimum absolute atomic E-state index is 0.213. The minimum Gasteiger partial charge on any atom is -0.497 e. The second-order valence-electron chi connectivity index (χ2n) is 6.14. The highest BCUT2D eigenvalue weighted by molar-refractivity contribution is 6.37. The molecule has 3 aromatic rings. The van der Waals surface area contributed by atoms with E-state index in [1.165, 1.54) is 19.2 Å². The van der Waals surface area contributed by atoms with E-state index < -0.39 is 11.8 Å². The van der Waals surface area contributed by atoms with E-state index in [0.717, 1.165) is 0 Å². The van der Waals surface area contributed by atoms with Crippen LogP contribution < -0.4 is 20.1 Å². The fraction of sp³-hybridized carbons (Fsp3) is 0.0909. The smallest absolute Gasteiger partial charge is 0.257 e. The number of rotatable bonds is 6. The van der Waals surface area contributed by atoms with Crippen molar-refractivity contribution in [3.8, 4) is 11.5 Å². The lowest BCUT2D eigenvalue weighted by Crippen LogP contribution is -2.18. The second kappa shape index (κ2) is 9.52. The van der Waals surface area contributed by atoms with Crippen LogP contribution in [-0.2, 0) is 0 Å². The van der Waals surface area contributed by atoms with Gasteiger partial charge < -0.3 is 20.1 Å². The molecule has 0 saturated heterocycles. The Kier molecular flexibility index (Phi) is 6.82. The molecule has 6 nitrogen and oxygen atoms in total. The zero-order valence-corrected chi connectivity index (χ0v) is 17.7. The van der Waals surface area contributed by atoms with Gasteiger partial charge in [0.25, 0.3) is 11.8 Å². The van der Waals surface area contributed by atoms with Gasteiger partial charge in [0, 0.05) is 11.1 Å². The van der Waals surface area contributed by atoms with E-state index in [-0.39, 0.29) is 16.1 Å². The summed E-state index contributed by atoms with van der Waals surface area (Å²) >= 11 is 12.0. The number of halogens is 2. The molecule has 0 saturated carbocycles. The standard InChI is InChI=1S/C22H18Cl2N2O4/c1-29-14-8-10-19(20(12-14)30-2)26-22(28)16-5-3-4-6-18(16)25-21(27)15-9-7-13(23)11-17(15)24/h3-12H,1-2H3,(H,25,27)(H,26,28). The molecule has 30 heavy (non-hydrogen) atoms. The van der Waals surface area contributed by atoms with Crippen molar-refractivity contribution in [2.75, 3.05) is 24.9 Å². The molecule has 3 aromatic carbocycles. The Labute approximate surface area is 183 Å². The predicted molar refractivity (Wildman–Crippen MR) is 118 cm³/mol. The minimum atomic E-state index is -0.459. The van der Waals surface area contributed by atoms with Gasteiger partial charge in [0.1, 0.15) is 11.5 Å². The highest BCUT2D eigenvalue weighted by Gasteiger charge is 2.17.